The fourth-order valence-electron chi connectivity index (χ4n) is 3.31. The largest absolute Gasteiger partial charge is 0.478 e. The Kier molecular flexibility index (Phi) is 7.42. The van der Waals surface area contributed by atoms with Crippen LogP contribution in [0.5, 0.6) is 0 Å². The first kappa shape index (κ1) is 21.8. The van der Waals surface area contributed by atoms with Crippen LogP contribution in [0.1, 0.15) is 33.4 Å². The summed E-state index contributed by atoms with van der Waals surface area (Å²) >= 11 is 1.33. The van der Waals surface area contributed by atoms with E-state index < -0.39 is 5.97 Å². The summed E-state index contributed by atoms with van der Waals surface area (Å²) < 4.78 is 0. The maximum Gasteiger partial charge on any atom is 0.335 e. The van der Waals surface area contributed by atoms with Crippen LogP contribution in [0, 0.1) is 0 Å². The molecule has 1 aromatic carbocycles. The molecule has 3 N–H and O–H groups in total. The Morgan fingerprint density at radius 3 is 2.53 bits per heavy atom. The minimum atomic E-state index is -1.05. The summed E-state index contributed by atoms with van der Waals surface area (Å²) in [6.07, 6.45) is 0.909. The minimum absolute atomic E-state index is 0.0278. The Morgan fingerprint density at radius 1 is 1.13 bits per heavy atom. The molecule has 0 bridgehead atoms. The van der Waals surface area contributed by atoms with Gasteiger partial charge in [-0.1, -0.05) is 13.0 Å². The average Bonchev–Trinajstić information content (AvgIpc) is 3.28. The molecule has 0 spiro atoms. The van der Waals surface area contributed by atoms with Gasteiger partial charge in [0.25, 0.3) is 5.91 Å². The SMILES string of the molecule is CCCNC(=O)CN1CCN(c2ccc(C(=O)O)cc2NC(=O)c2cccs2)CC1. The molecule has 9 heteroatoms. The van der Waals surface area contributed by atoms with Crippen molar-refractivity contribution in [3.05, 3.63) is 46.2 Å². The van der Waals surface area contributed by atoms with Gasteiger partial charge < -0.3 is 20.6 Å². The molecule has 1 aliphatic heterocycles. The maximum absolute atomic E-state index is 12.5. The third-order valence-electron chi connectivity index (χ3n) is 4.89. The van der Waals surface area contributed by atoms with E-state index in [2.05, 4.69) is 20.4 Å². The fourth-order valence-corrected chi connectivity index (χ4v) is 3.93. The van der Waals surface area contributed by atoms with E-state index in [-0.39, 0.29) is 17.4 Å². The second kappa shape index (κ2) is 10.2. The molecule has 0 radical (unpaired) electrons. The molecule has 30 heavy (non-hydrogen) atoms. The zero-order chi connectivity index (χ0) is 21.5. The van der Waals surface area contributed by atoms with Gasteiger partial charge in [-0.15, -0.1) is 11.3 Å². The first-order valence-corrected chi connectivity index (χ1v) is 10.8. The van der Waals surface area contributed by atoms with Crippen LogP contribution in [-0.2, 0) is 4.79 Å². The van der Waals surface area contributed by atoms with E-state index in [0.29, 0.717) is 49.8 Å². The van der Waals surface area contributed by atoms with Crippen molar-refractivity contribution in [3.8, 4) is 0 Å². The third kappa shape index (κ3) is 5.58. The molecule has 8 nitrogen and oxygen atoms in total. The number of carboxylic acids is 1. The number of nitrogens with one attached hydrogen (secondary N) is 2. The van der Waals surface area contributed by atoms with Gasteiger partial charge in [0.1, 0.15) is 0 Å². The van der Waals surface area contributed by atoms with Gasteiger partial charge in [-0.05, 0) is 36.1 Å². The number of rotatable bonds is 8. The second-order valence-corrected chi connectivity index (χ2v) is 8.03. The zero-order valence-electron chi connectivity index (χ0n) is 16.9. The van der Waals surface area contributed by atoms with Crippen molar-refractivity contribution in [2.75, 3.05) is 49.5 Å². The Balaban J connectivity index is 1.70. The van der Waals surface area contributed by atoms with E-state index in [1.165, 1.54) is 17.4 Å². The lowest BCUT2D eigenvalue weighted by Crippen LogP contribution is -2.49. The highest BCUT2D eigenvalue weighted by atomic mass is 32.1. The number of piperazine rings is 1. The number of thiophene rings is 1. The van der Waals surface area contributed by atoms with Crippen molar-refractivity contribution < 1.29 is 19.5 Å². The van der Waals surface area contributed by atoms with Gasteiger partial charge in [0, 0.05) is 32.7 Å². The summed E-state index contributed by atoms with van der Waals surface area (Å²) in [6, 6.07) is 8.29. The first-order chi connectivity index (χ1) is 14.5. The summed E-state index contributed by atoms with van der Waals surface area (Å²) in [5, 5.41) is 16.9. The summed E-state index contributed by atoms with van der Waals surface area (Å²) in [5.41, 5.74) is 1.37. The molecule has 2 heterocycles. The average molecular weight is 431 g/mol. The molecule has 3 rings (SSSR count). The normalized spacial score (nSPS) is 14.4. The van der Waals surface area contributed by atoms with E-state index in [9.17, 15) is 19.5 Å². The van der Waals surface area contributed by atoms with Crippen LogP contribution in [0.2, 0.25) is 0 Å². The Morgan fingerprint density at radius 2 is 1.90 bits per heavy atom. The van der Waals surface area contributed by atoms with Gasteiger partial charge >= 0.3 is 5.97 Å². The van der Waals surface area contributed by atoms with Crippen molar-refractivity contribution in [1.82, 2.24) is 10.2 Å². The summed E-state index contributed by atoms with van der Waals surface area (Å²) in [4.78, 5) is 40.6. The molecule has 2 aromatic rings. The second-order valence-electron chi connectivity index (χ2n) is 7.08. The predicted molar refractivity (Wildman–Crippen MR) is 118 cm³/mol. The Bertz CT molecular complexity index is 892. The first-order valence-electron chi connectivity index (χ1n) is 9.94. The number of aromatic carboxylic acids is 1. The number of carbonyl (C=O) groups excluding carboxylic acids is 2. The molecule has 160 valence electrons. The number of amides is 2. The van der Waals surface area contributed by atoms with Gasteiger partial charge in [-0.25, -0.2) is 4.79 Å². The summed E-state index contributed by atoms with van der Waals surface area (Å²) in [6.45, 7) is 5.83. The number of hydrogen-bond donors (Lipinski definition) is 3. The maximum atomic E-state index is 12.5. The highest BCUT2D eigenvalue weighted by Crippen LogP contribution is 2.29. The predicted octanol–water partition coefficient (Wildman–Crippen LogP) is 2.35. The lowest BCUT2D eigenvalue weighted by molar-refractivity contribution is -0.122. The van der Waals surface area contributed by atoms with Crippen LogP contribution in [0.25, 0.3) is 0 Å². The lowest BCUT2D eigenvalue weighted by Gasteiger charge is -2.36. The molecular weight excluding hydrogens is 404 g/mol. The molecule has 0 atom stereocenters. The topological polar surface area (TPSA) is 102 Å². The van der Waals surface area contributed by atoms with Crippen molar-refractivity contribution in [2.45, 2.75) is 13.3 Å². The Labute approximate surface area is 179 Å². The number of benzene rings is 1. The van der Waals surface area contributed by atoms with Crippen molar-refractivity contribution in [1.29, 1.82) is 0 Å². The quantitative estimate of drug-likeness (QED) is 0.594. The molecule has 1 aromatic heterocycles. The monoisotopic (exact) mass is 430 g/mol. The van der Waals surface area contributed by atoms with Crippen LogP contribution in [0.15, 0.2) is 35.7 Å². The van der Waals surface area contributed by atoms with Gasteiger partial charge in [0.2, 0.25) is 5.91 Å². The van der Waals surface area contributed by atoms with E-state index in [4.69, 9.17) is 0 Å². The zero-order valence-corrected chi connectivity index (χ0v) is 17.7. The van der Waals surface area contributed by atoms with Crippen molar-refractivity contribution in [2.24, 2.45) is 0 Å². The highest BCUT2D eigenvalue weighted by molar-refractivity contribution is 7.12. The molecule has 2 amide bonds. The third-order valence-corrected chi connectivity index (χ3v) is 5.76. The Hall–Kier alpha value is -2.91. The van der Waals surface area contributed by atoms with Gasteiger partial charge in [-0.3, -0.25) is 14.5 Å². The standard InChI is InChI=1S/C21H26N4O4S/c1-2-7-22-19(26)14-24-8-10-25(11-9-24)17-6-5-15(21(28)29)13-16(17)23-20(27)18-4-3-12-30-18/h3-6,12-13H,2,7-11,14H2,1H3,(H,22,26)(H,23,27)(H,28,29). The molecule has 0 aliphatic carbocycles. The van der Waals surface area contributed by atoms with E-state index >= 15 is 0 Å². The summed E-state index contributed by atoms with van der Waals surface area (Å²) in [7, 11) is 0. The van der Waals surface area contributed by atoms with Gasteiger partial charge in [0.15, 0.2) is 0 Å². The highest BCUT2D eigenvalue weighted by Gasteiger charge is 2.22. The van der Waals surface area contributed by atoms with E-state index in [1.807, 2.05) is 12.3 Å². The van der Waals surface area contributed by atoms with Crippen molar-refractivity contribution >= 4 is 40.5 Å². The van der Waals surface area contributed by atoms with Crippen LogP contribution in [0.4, 0.5) is 11.4 Å². The van der Waals surface area contributed by atoms with Gasteiger partial charge in [0.05, 0.1) is 28.4 Å². The number of nitrogens with zero attached hydrogens (tertiary/aromatic N) is 2. The molecule has 1 aliphatic rings. The van der Waals surface area contributed by atoms with Crippen molar-refractivity contribution in [3.63, 3.8) is 0 Å². The van der Waals surface area contributed by atoms with Crippen LogP contribution >= 0.6 is 11.3 Å². The minimum Gasteiger partial charge on any atom is -0.478 e. The molecular formula is C21H26N4O4S. The molecule has 1 saturated heterocycles. The fraction of sp³-hybridized carbons (Fsp3) is 0.381. The summed E-state index contributed by atoms with van der Waals surface area (Å²) in [5.74, 6) is -1.28. The molecule has 1 fully saturated rings. The number of anilines is 2. The number of carboxylic acid groups (broad SMARTS) is 1. The number of hydrogen-bond acceptors (Lipinski definition) is 6. The van der Waals surface area contributed by atoms with E-state index in [1.54, 1.807) is 24.3 Å². The van der Waals surface area contributed by atoms with Crippen LogP contribution in [0.3, 0.4) is 0 Å². The van der Waals surface area contributed by atoms with Gasteiger partial charge in [-0.2, -0.15) is 0 Å². The smallest absolute Gasteiger partial charge is 0.335 e. The van der Waals surface area contributed by atoms with E-state index in [0.717, 1.165) is 12.1 Å². The molecule has 0 unspecified atom stereocenters. The number of carbonyl (C=O) groups is 3. The van der Waals surface area contributed by atoms with Crippen LogP contribution < -0.4 is 15.5 Å². The lowest BCUT2D eigenvalue weighted by atomic mass is 10.1. The molecule has 0 saturated carbocycles. The van der Waals surface area contributed by atoms with Crippen LogP contribution in [-0.4, -0.2) is 67.1 Å².